The van der Waals surface area contributed by atoms with Crippen LogP contribution >= 0.6 is 0 Å². The Morgan fingerprint density at radius 1 is 1.07 bits per heavy atom. The van der Waals surface area contributed by atoms with Crippen molar-refractivity contribution in [2.24, 2.45) is 0 Å². The fourth-order valence-corrected chi connectivity index (χ4v) is 2.88. The second-order valence-corrected chi connectivity index (χ2v) is 6.59. The number of aliphatic hydroxyl groups excluding tert-OH is 5. The molecule has 0 aromatic rings. The molecule has 3 unspecified atom stereocenters. The lowest BCUT2D eigenvalue weighted by Gasteiger charge is -2.39. The summed E-state index contributed by atoms with van der Waals surface area (Å²) in [6.07, 6.45) is -3.63. The molecule has 1 rings (SSSR count). The SMILES string of the molecule is CNCCCCCC(=O)N(CCO)CCO[C@H]1OC(CO)[C@@H](O)C(O)C1O. The number of amides is 1. The Balaban J connectivity index is 2.41. The number of carbonyl (C=O) groups excluding carboxylic acids is 1. The molecule has 27 heavy (non-hydrogen) atoms. The van der Waals surface area contributed by atoms with Crippen LogP contribution in [0.25, 0.3) is 0 Å². The zero-order valence-electron chi connectivity index (χ0n) is 15.9. The van der Waals surface area contributed by atoms with Crippen LogP contribution in [0.3, 0.4) is 0 Å². The van der Waals surface area contributed by atoms with E-state index in [9.17, 15) is 20.1 Å². The molecule has 1 aliphatic rings. The maximum absolute atomic E-state index is 12.3. The molecule has 0 spiro atoms. The maximum atomic E-state index is 12.3. The van der Waals surface area contributed by atoms with Crippen LogP contribution in [0.15, 0.2) is 0 Å². The van der Waals surface area contributed by atoms with Gasteiger partial charge in [-0.05, 0) is 26.4 Å². The van der Waals surface area contributed by atoms with Gasteiger partial charge < -0.3 is 45.2 Å². The molecule has 0 saturated carbocycles. The van der Waals surface area contributed by atoms with Crippen molar-refractivity contribution in [1.29, 1.82) is 0 Å². The van der Waals surface area contributed by atoms with Crippen LogP contribution in [0.2, 0.25) is 0 Å². The Labute approximate surface area is 159 Å². The molecule has 0 aromatic heterocycles. The summed E-state index contributed by atoms with van der Waals surface area (Å²) in [6, 6.07) is 0. The van der Waals surface area contributed by atoms with E-state index < -0.39 is 37.3 Å². The van der Waals surface area contributed by atoms with Gasteiger partial charge in [0.15, 0.2) is 6.29 Å². The van der Waals surface area contributed by atoms with E-state index in [1.165, 1.54) is 4.90 Å². The largest absolute Gasteiger partial charge is 0.395 e. The standard InChI is InChI=1S/C17H34N2O8/c1-18-6-4-2-3-5-13(22)19(7-9-20)8-10-26-17-16(25)15(24)14(23)12(11-21)27-17/h12,14-18,20-21,23-25H,2-11H2,1H3/t12?,14-,15?,16?,17+/m1/s1. The number of ether oxygens (including phenoxy) is 2. The fourth-order valence-electron chi connectivity index (χ4n) is 2.88. The first kappa shape index (κ1) is 24.2. The molecule has 1 aliphatic heterocycles. The Morgan fingerprint density at radius 2 is 1.81 bits per heavy atom. The second kappa shape index (κ2) is 13.3. The Kier molecular flexibility index (Phi) is 12.0. The Hall–Kier alpha value is -0.850. The van der Waals surface area contributed by atoms with E-state index in [0.29, 0.717) is 6.42 Å². The predicted molar refractivity (Wildman–Crippen MR) is 95.8 cm³/mol. The number of rotatable bonds is 13. The minimum absolute atomic E-state index is 0.00812. The van der Waals surface area contributed by atoms with Gasteiger partial charge in [0.25, 0.3) is 0 Å². The van der Waals surface area contributed by atoms with Crippen molar-refractivity contribution in [3.63, 3.8) is 0 Å². The zero-order valence-corrected chi connectivity index (χ0v) is 15.9. The van der Waals surface area contributed by atoms with E-state index in [2.05, 4.69) is 5.32 Å². The lowest BCUT2D eigenvalue weighted by molar-refractivity contribution is -0.301. The van der Waals surface area contributed by atoms with Gasteiger partial charge in [0.05, 0.1) is 19.8 Å². The molecule has 0 bridgehead atoms. The van der Waals surface area contributed by atoms with Crippen LogP contribution in [0.5, 0.6) is 0 Å². The highest BCUT2D eigenvalue weighted by atomic mass is 16.7. The first-order valence-corrected chi connectivity index (χ1v) is 9.41. The summed E-state index contributed by atoms with van der Waals surface area (Å²) in [5.74, 6) is -0.0917. The highest BCUT2D eigenvalue weighted by Gasteiger charge is 2.43. The number of nitrogens with zero attached hydrogens (tertiary/aromatic N) is 1. The first-order chi connectivity index (χ1) is 13.0. The third-order valence-electron chi connectivity index (χ3n) is 4.53. The van der Waals surface area contributed by atoms with Gasteiger partial charge in [-0.2, -0.15) is 0 Å². The minimum Gasteiger partial charge on any atom is -0.395 e. The third kappa shape index (κ3) is 7.96. The molecule has 10 heteroatoms. The number of hydrogen-bond acceptors (Lipinski definition) is 9. The van der Waals surface area contributed by atoms with Gasteiger partial charge in [-0.1, -0.05) is 6.42 Å². The van der Waals surface area contributed by atoms with E-state index in [-0.39, 0.29) is 32.2 Å². The molecule has 10 nitrogen and oxygen atoms in total. The highest BCUT2D eigenvalue weighted by Crippen LogP contribution is 2.21. The fraction of sp³-hybridized carbons (Fsp3) is 0.941. The molecule has 0 aromatic carbocycles. The van der Waals surface area contributed by atoms with Gasteiger partial charge in [0.2, 0.25) is 5.91 Å². The maximum Gasteiger partial charge on any atom is 0.222 e. The van der Waals surface area contributed by atoms with Crippen molar-refractivity contribution in [3.05, 3.63) is 0 Å². The summed E-state index contributed by atoms with van der Waals surface area (Å²) >= 11 is 0. The molecular weight excluding hydrogens is 360 g/mol. The van der Waals surface area contributed by atoms with E-state index in [0.717, 1.165) is 25.8 Å². The van der Waals surface area contributed by atoms with Crippen LogP contribution in [-0.2, 0) is 14.3 Å². The molecule has 6 N–H and O–H groups in total. The van der Waals surface area contributed by atoms with Crippen molar-refractivity contribution in [1.82, 2.24) is 10.2 Å². The average molecular weight is 394 g/mol. The minimum atomic E-state index is -1.51. The molecule has 160 valence electrons. The van der Waals surface area contributed by atoms with E-state index in [1.807, 2.05) is 7.05 Å². The molecule has 1 heterocycles. The van der Waals surface area contributed by atoms with Crippen LogP contribution in [0.1, 0.15) is 25.7 Å². The van der Waals surface area contributed by atoms with Crippen molar-refractivity contribution in [3.8, 4) is 0 Å². The van der Waals surface area contributed by atoms with Crippen molar-refractivity contribution in [2.45, 2.75) is 56.4 Å². The van der Waals surface area contributed by atoms with E-state index in [4.69, 9.17) is 19.7 Å². The number of aliphatic hydroxyl groups is 5. The van der Waals surface area contributed by atoms with Crippen molar-refractivity contribution >= 4 is 5.91 Å². The van der Waals surface area contributed by atoms with Gasteiger partial charge in [0, 0.05) is 19.5 Å². The molecule has 0 aliphatic carbocycles. The van der Waals surface area contributed by atoms with Gasteiger partial charge >= 0.3 is 0 Å². The van der Waals surface area contributed by atoms with Crippen LogP contribution in [-0.4, -0.2) is 114 Å². The number of unbranched alkanes of at least 4 members (excludes halogenated alkanes) is 2. The van der Waals surface area contributed by atoms with Gasteiger partial charge in [-0.3, -0.25) is 4.79 Å². The second-order valence-electron chi connectivity index (χ2n) is 6.59. The van der Waals surface area contributed by atoms with Crippen LogP contribution in [0, 0.1) is 0 Å². The van der Waals surface area contributed by atoms with Crippen molar-refractivity contribution < 1.29 is 39.8 Å². The first-order valence-electron chi connectivity index (χ1n) is 9.41. The normalized spacial score (nSPS) is 28.3. The quantitative estimate of drug-likeness (QED) is 0.185. The summed E-state index contributed by atoms with van der Waals surface area (Å²) in [4.78, 5) is 13.7. The van der Waals surface area contributed by atoms with E-state index >= 15 is 0 Å². The molecule has 1 saturated heterocycles. The number of carbonyl (C=O) groups is 1. The topological polar surface area (TPSA) is 152 Å². The molecule has 1 fully saturated rings. The predicted octanol–water partition coefficient (Wildman–Crippen LogP) is -2.60. The van der Waals surface area contributed by atoms with Crippen LogP contribution < -0.4 is 5.32 Å². The lowest BCUT2D eigenvalue weighted by Crippen LogP contribution is -2.59. The third-order valence-corrected chi connectivity index (χ3v) is 4.53. The Morgan fingerprint density at radius 3 is 2.44 bits per heavy atom. The zero-order chi connectivity index (χ0) is 20.2. The summed E-state index contributed by atoms with van der Waals surface area (Å²) in [7, 11) is 1.88. The number of nitrogens with one attached hydrogen (secondary N) is 1. The molecule has 0 radical (unpaired) electrons. The summed E-state index contributed by atoms with van der Waals surface area (Å²) in [5, 5.41) is 50.7. The summed E-state index contributed by atoms with van der Waals surface area (Å²) < 4.78 is 10.6. The average Bonchev–Trinajstić information content (AvgIpc) is 2.66. The van der Waals surface area contributed by atoms with Crippen molar-refractivity contribution in [2.75, 3.05) is 46.5 Å². The summed E-state index contributed by atoms with van der Waals surface area (Å²) in [5.41, 5.74) is 0. The Bertz CT molecular complexity index is 412. The van der Waals surface area contributed by atoms with Gasteiger partial charge in [-0.25, -0.2) is 0 Å². The molecule has 5 atom stereocenters. The molecule has 1 amide bonds. The van der Waals surface area contributed by atoms with Gasteiger partial charge in [-0.15, -0.1) is 0 Å². The monoisotopic (exact) mass is 394 g/mol. The van der Waals surface area contributed by atoms with Crippen LogP contribution in [0.4, 0.5) is 0 Å². The number of hydrogen-bond donors (Lipinski definition) is 6. The van der Waals surface area contributed by atoms with E-state index in [1.54, 1.807) is 0 Å². The molecular formula is C17H34N2O8. The smallest absolute Gasteiger partial charge is 0.222 e. The summed E-state index contributed by atoms with van der Waals surface area (Å²) in [6.45, 7) is 0.563. The van der Waals surface area contributed by atoms with Gasteiger partial charge in [0.1, 0.15) is 24.4 Å². The lowest BCUT2D eigenvalue weighted by atomic mass is 9.99. The highest BCUT2D eigenvalue weighted by molar-refractivity contribution is 5.76.